The Morgan fingerprint density at radius 3 is 2.45 bits per heavy atom. The number of rotatable bonds is 2. The van der Waals surface area contributed by atoms with E-state index in [4.69, 9.17) is 11.6 Å². The number of pyridine rings is 1. The fourth-order valence-corrected chi connectivity index (χ4v) is 3.70. The Bertz CT molecular complexity index is 1330. The molecule has 4 aromatic rings. The molecule has 0 bridgehead atoms. The molecule has 0 saturated carbocycles. The van der Waals surface area contributed by atoms with E-state index in [0.29, 0.717) is 27.4 Å². The van der Waals surface area contributed by atoms with Gasteiger partial charge in [-0.05, 0) is 43.3 Å². The minimum Gasteiger partial charge on any atom is -0.268 e. The van der Waals surface area contributed by atoms with Crippen molar-refractivity contribution in [2.24, 2.45) is 0 Å². The molecular formula is C21H12ClFN4O2. The summed E-state index contributed by atoms with van der Waals surface area (Å²) in [5, 5.41) is 5.31. The minimum atomic E-state index is -0.476. The third-order valence-electron chi connectivity index (χ3n) is 4.89. The average molecular weight is 407 g/mol. The molecule has 0 atom stereocenters. The van der Waals surface area contributed by atoms with Crippen LogP contribution in [0.2, 0.25) is 5.02 Å². The van der Waals surface area contributed by atoms with E-state index < -0.39 is 17.6 Å². The molecular weight excluding hydrogens is 395 g/mol. The van der Waals surface area contributed by atoms with E-state index in [2.05, 4.69) is 10.1 Å². The van der Waals surface area contributed by atoms with Gasteiger partial charge >= 0.3 is 0 Å². The Hall–Kier alpha value is -3.58. The number of halogens is 2. The maximum atomic E-state index is 14.3. The molecule has 5 rings (SSSR count). The average Bonchev–Trinajstić information content (AvgIpc) is 3.17. The van der Waals surface area contributed by atoms with Crippen LogP contribution in [0.4, 0.5) is 10.1 Å². The van der Waals surface area contributed by atoms with E-state index in [1.807, 2.05) is 0 Å². The van der Waals surface area contributed by atoms with E-state index in [-0.39, 0.29) is 16.8 Å². The second-order valence-electron chi connectivity index (χ2n) is 6.62. The van der Waals surface area contributed by atoms with E-state index in [9.17, 15) is 14.0 Å². The lowest BCUT2D eigenvalue weighted by atomic mass is 10.1. The molecule has 1 aliphatic rings. The molecule has 0 radical (unpaired) electrons. The third kappa shape index (κ3) is 2.48. The van der Waals surface area contributed by atoms with E-state index in [1.165, 1.54) is 16.9 Å². The summed E-state index contributed by atoms with van der Waals surface area (Å²) in [4.78, 5) is 31.5. The number of aromatic nitrogens is 3. The monoisotopic (exact) mass is 406 g/mol. The molecule has 1 aliphatic heterocycles. The van der Waals surface area contributed by atoms with Crippen molar-refractivity contribution in [2.45, 2.75) is 6.92 Å². The van der Waals surface area contributed by atoms with Crippen LogP contribution in [-0.4, -0.2) is 26.6 Å². The number of carbonyl (C=O) groups excluding carboxylic acids is 2. The number of para-hydroxylation sites is 1. The Balaban J connectivity index is 1.73. The number of fused-ring (bicyclic) bond motifs is 3. The van der Waals surface area contributed by atoms with Gasteiger partial charge in [0, 0.05) is 11.2 Å². The van der Waals surface area contributed by atoms with Gasteiger partial charge < -0.3 is 0 Å². The van der Waals surface area contributed by atoms with Crippen LogP contribution in [0.3, 0.4) is 0 Å². The van der Waals surface area contributed by atoms with Crippen LogP contribution < -0.4 is 4.90 Å². The van der Waals surface area contributed by atoms with Gasteiger partial charge in [-0.3, -0.25) is 9.59 Å². The summed E-state index contributed by atoms with van der Waals surface area (Å²) in [6.45, 7) is 1.70. The number of aryl methyl sites for hydroxylation is 1. The molecule has 0 unspecified atom stereocenters. The van der Waals surface area contributed by atoms with Crippen LogP contribution in [0.25, 0.3) is 16.7 Å². The summed E-state index contributed by atoms with van der Waals surface area (Å²) >= 11 is 5.91. The lowest BCUT2D eigenvalue weighted by Gasteiger charge is -2.13. The van der Waals surface area contributed by atoms with Gasteiger partial charge in [-0.1, -0.05) is 23.7 Å². The lowest BCUT2D eigenvalue weighted by molar-refractivity contribution is 0.0926. The summed E-state index contributed by atoms with van der Waals surface area (Å²) in [6.07, 6.45) is 1.34. The molecule has 0 saturated heterocycles. The Kier molecular flexibility index (Phi) is 3.75. The predicted molar refractivity (Wildman–Crippen MR) is 106 cm³/mol. The van der Waals surface area contributed by atoms with Gasteiger partial charge in [-0.25, -0.2) is 19.0 Å². The fraction of sp³-hybridized carbons (Fsp3) is 0.0476. The smallest absolute Gasteiger partial charge is 0.267 e. The van der Waals surface area contributed by atoms with Gasteiger partial charge in [0.2, 0.25) is 0 Å². The molecule has 142 valence electrons. The van der Waals surface area contributed by atoms with Gasteiger partial charge in [0.05, 0.1) is 27.9 Å². The number of carbonyl (C=O) groups is 2. The number of benzene rings is 2. The molecule has 0 aliphatic carbocycles. The first-order valence-corrected chi connectivity index (χ1v) is 9.13. The van der Waals surface area contributed by atoms with Crippen LogP contribution in [0.5, 0.6) is 0 Å². The van der Waals surface area contributed by atoms with Crippen molar-refractivity contribution in [3.05, 3.63) is 82.4 Å². The lowest BCUT2D eigenvalue weighted by Crippen LogP contribution is -2.29. The highest BCUT2D eigenvalue weighted by molar-refractivity contribution is 6.37. The van der Waals surface area contributed by atoms with Crippen molar-refractivity contribution in [3.63, 3.8) is 0 Å². The fourth-order valence-electron chi connectivity index (χ4n) is 3.58. The molecule has 29 heavy (non-hydrogen) atoms. The highest BCUT2D eigenvalue weighted by atomic mass is 35.5. The largest absolute Gasteiger partial charge is 0.268 e. The summed E-state index contributed by atoms with van der Waals surface area (Å²) in [5.41, 5.74) is 1.82. The van der Waals surface area contributed by atoms with Gasteiger partial charge in [-0.2, -0.15) is 5.10 Å². The standard InChI is InChI=1S/C21H12ClFN4O2/c1-11-17-18-14(20(28)26(21(18)29)13-8-6-12(22)7-9-13)10-24-19(17)27(25-11)16-5-3-2-4-15(16)23/h2-10H,1H3. The van der Waals surface area contributed by atoms with Gasteiger partial charge in [0.1, 0.15) is 11.5 Å². The zero-order valence-corrected chi connectivity index (χ0v) is 15.8. The Morgan fingerprint density at radius 1 is 1.00 bits per heavy atom. The molecule has 6 nitrogen and oxygen atoms in total. The first-order valence-electron chi connectivity index (χ1n) is 8.75. The van der Waals surface area contributed by atoms with Crippen LogP contribution in [0, 0.1) is 12.7 Å². The predicted octanol–water partition coefficient (Wildman–Crippen LogP) is 4.32. The van der Waals surface area contributed by atoms with Crippen molar-refractivity contribution >= 4 is 40.1 Å². The SMILES string of the molecule is Cc1nn(-c2ccccc2F)c2ncc3c(c12)C(=O)N(c1ccc(Cl)cc1)C3=O. The van der Waals surface area contributed by atoms with Crippen molar-refractivity contribution < 1.29 is 14.0 Å². The van der Waals surface area contributed by atoms with Crippen LogP contribution >= 0.6 is 11.6 Å². The highest BCUT2D eigenvalue weighted by Crippen LogP contribution is 2.35. The third-order valence-corrected chi connectivity index (χ3v) is 5.14. The number of anilines is 1. The molecule has 2 aromatic carbocycles. The van der Waals surface area contributed by atoms with Crippen molar-refractivity contribution in [2.75, 3.05) is 4.90 Å². The number of nitrogens with zero attached hydrogens (tertiary/aromatic N) is 4. The van der Waals surface area contributed by atoms with Crippen LogP contribution in [-0.2, 0) is 0 Å². The number of hydrogen-bond acceptors (Lipinski definition) is 4. The highest BCUT2D eigenvalue weighted by Gasteiger charge is 2.40. The van der Waals surface area contributed by atoms with E-state index in [1.54, 1.807) is 49.4 Å². The van der Waals surface area contributed by atoms with E-state index in [0.717, 1.165) is 4.90 Å². The molecule has 3 heterocycles. The van der Waals surface area contributed by atoms with Crippen molar-refractivity contribution in [1.82, 2.24) is 14.8 Å². The summed E-state index contributed by atoms with van der Waals surface area (Å²) in [5.74, 6) is -1.42. The van der Waals surface area contributed by atoms with E-state index >= 15 is 0 Å². The Morgan fingerprint density at radius 2 is 1.72 bits per heavy atom. The number of imide groups is 1. The minimum absolute atomic E-state index is 0.189. The van der Waals surface area contributed by atoms with Gasteiger partial charge in [0.25, 0.3) is 11.8 Å². The summed E-state index contributed by atoms with van der Waals surface area (Å²) < 4.78 is 15.7. The molecule has 0 N–H and O–H groups in total. The van der Waals surface area contributed by atoms with Crippen molar-refractivity contribution in [1.29, 1.82) is 0 Å². The van der Waals surface area contributed by atoms with Gasteiger partial charge in [-0.15, -0.1) is 0 Å². The van der Waals surface area contributed by atoms with Gasteiger partial charge in [0.15, 0.2) is 5.65 Å². The molecule has 2 amide bonds. The van der Waals surface area contributed by atoms with Crippen LogP contribution in [0.15, 0.2) is 54.7 Å². The molecule has 8 heteroatoms. The molecule has 0 fully saturated rings. The summed E-state index contributed by atoms with van der Waals surface area (Å²) in [7, 11) is 0. The Labute approximate surface area is 169 Å². The topological polar surface area (TPSA) is 68.1 Å². The second kappa shape index (κ2) is 6.22. The van der Waals surface area contributed by atoms with Crippen LogP contribution in [0.1, 0.15) is 26.4 Å². The number of hydrogen-bond donors (Lipinski definition) is 0. The first-order chi connectivity index (χ1) is 14.0. The zero-order chi connectivity index (χ0) is 20.3. The molecule has 2 aromatic heterocycles. The maximum Gasteiger partial charge on any atom is 0.267 e. The first kappa shape index (κ1) is 17.5. The molecule has 0 spiro atoms. The number of amides is 2. The zero-order valence-electron chi connectivity index (χ0n) is 15.1. The maximum absolute atomic E-state index is 14.3. The quantitative estimate of drug-likeness (QED) is 0.465. The normalized spacial score (nSPS) is 13.4. The van der Waals surface area contributed by atoms with Crippen molar-refractivity contribution in [3.8, 4) is 5.69 Å². The second-order valence-corrected chi connectivity index (χ2v) is 7.05. The summed E-state index contributed by atoms with van der Waals surface area (Å²) in [6, 6.07) is 12.6.